The Kier molecular flexibility index (Phi) is 7.33. The first-order valence-electron chi connectivity index (χ1n) is 11.7. The van der Waals surface area contributed by atoms with Crippen molar-refractivity contribution >= 4 is 33.3 Å². The van der Waals surface area contributed by atoms with Gasteiger partial charge in [0.25, 0.3) is 0 Å². The number of methoxy groups -OCH3 is 2. The molecule has 1 saturated heterocycles. The number of β-amino-alcohol motifs (C(OH)–C–C–N with tert-alkyl or cyclic N) is 1. The predicted molar refractivity (Wildman–Crippen MR) is 141 cm³/mol. The minimum atomic E-state index is -4.15. The smallest absolute Gasteiger partial charge is 0.243 e. The summed E-state index contributed by atoms with van der Waals surface area (Å²) >= 11 is 1.32. The molecular weight excluding hydrogens is 551 g/mol. The van der Waals surface area contributed by atoms with E-state index >= 15 is 0 Å². The molecule has 0 amide bonds. The maximum absolute atomic E-state index is 13.7. The monoisotopic (exact) mass is 576 g/mol. The van der Waals surface area contributed by atoms with Crippen LogP contribution in [-0.4, -0.2) is 81.9 Å². The summed E-state index contributed by atoms with van der Waals surface area (Å²) in [6.45, 7) is 1.89. The molecule has 39 heavy (non-hydrogen) atoms. The first-order chi connectivity index (χ1) is 18.7. The number of rotatable bonds is 8. The van der Waals surface area contributed by atoms with E-state index in [4.69, 9.17) is 9.47 Å². The molecule has 1 aromatic carbocycles. The van der Waals surface area contributed by atoms with Crippen molar-refractivity contribution in [2.75, 3.05) is 36.9 Å². The molecule has 0 bridgehead atoms. The van der Waals surface area contributed by atoms with Crippen LogP contribution in [0, 0.1) is 12.7 Å². The minimum Gasteiger partial charge on any atom is -0.494 e. The molecule has 0 spiro atoms. The maximum atomic E-state index is 13.7. The minimum absolute atomic E-state index is 0.0390. The van der Waals surface area contributed by atoms with E-state index in [1.807, 2.05) is 12.3 Å². The highest BCUT2D eigenvalue weighted by Gasteiger charge is 2.37. The summed E-state index contributed by atoms with van der Waals surface area (Å²) in [5.74, 6) is 0.413. The summed E-state index contributed by atoms with van der Waals surface area (Å²) in [4.78, 5) is 13.8. The van der Waals surface area contributed by atoms with Crippen LogP contribution in [0.2, 0.25) is 0 Å². The molecule has 0 aliphatic carbocycles. The Morgan fingerprint density at radius 1 is 1.13 bits per heavy atom. The average Bonchev–Trinajstić information content (AvgIpc) is 3.53. The van der Waals surface area contributed by atoms with E-state index < -0.39 is 27.2 Å². The van der Waals surface area contributed by atoms with Gasteiger partial charge in [0, 0.05) is 24.2 Å². The number of benzene rings is 1. The van der Waals surface area contributed by atoms with Crippen molar-refractivity contribution in [3.8, 4) is 28.0 Å². The molecule has 0 unspecified atom stereocenters. The number of anilines is 2. The summed E-state index contributed by atoms with van der Waals surface area (Å²) in [6.07, 6.45) is 0.930. The Balaban J connectivity index is 1.55. The fraction of sp³-hybridized carbons (Fsp3) is 0.348. The normalized spacial score (nSPS) is 17.7. The van der Waals surface area contributed by atoms with Crippen molar-refractivity contribution in [2.24, 2.45) is 0 Å². The molecule has 4 heterocycles. The van der Waals surface area contributed by atoms with Gasteiger partial charge in [0.1, 0.15) is 22.4 Å². The van der Waals surface area contributed by atoms with Crippen molar-refractivity contribution in [3.63, 3.8) is 0 Å². The molecule has 13 nitrogen and oxygen atoms in total. The van der Waals surface area contributed by atoms with E-state index in [9.17, 15) is 17.9 Å². The number of nitrogens with zero attached hydrogens (tertiary/aromatic N) is 7. The van der Waals surface area contributed by atoms with Crippen LogP contribution in [0.3, 0.4) is 0 Å². The second-order valence-corrected chi connectivity index (χ2v) is 11.6. The highest BCUT2D eigenvalue weighted by molar-refractivity contribution is 7.93. The first kappa shape index (κ1) is 26.7. The molecule has 0 radical (unpaired) electrons. The number of hydrogen-bond acceptors (Lipinski definition) is 12. The van der Waals surface area contributed by atoms with Gasteiger partial charge in [-0.05, 0) is 25.5 Å². The van der Waals surface area contributed by atoms with E-state index in [2.05, 4.69) is 29.9 Å². The zero-order valence-electron chi connectivity index (χ0n) is 21.1. The van der Waals surface area contributed by atoms with Gasteiger partial charge < -0.3 is 19.5 Å². The number of sulfonamides is 1. The lowest BCUT2D eigenvalue weighted by molar-refractivity contribution is 0.154. The average molecular weight is 577 g/mol. The number of ether oxygens (including phenoxy) is 2. The third kappa shape index (κ3) is 5.35. The summed E-state index contributed by atoms with van der Waals surface area (Å²) in [7, 11) is -1.19. The van der Waals surface area contributed by atoms with E-state index in [1.165, 1.54) is 35.0 Å². The molecule has 1 aliphatic rings. The van der Waals surface area contributed by atoms with Gasteiger partial charge in [-0.2, -0.15) is 0 Å². The topological polar surface area (TPSA) is 157 Å². The van der Waals surface area contributed by atoms with Gasteiger partial charge in [0.2, 0.25) is 21.9 Å². The zero-order chi connectivity index (χ0) is 27.7. The number of aryl methyl sites for hydroxylation is 1. The van der Waals surface area contributed by atoms with Gasteiger partial charge in [-0.1, -0.05) is 6.07 Å². The number of para-hydroxylation sites is 1. The zero-order valence-corrected chi connectivity index (χ0v) is 22.8. The standard InChI is InChI=1S/C23H25FN8O5S2/c1-13-12-38-21(27-13)20-28-29-23(32(20)19-17(36-2)5-4-6-18(19)37-3)30-39(34,35)16-7-15(33)10-31(11-16)22-25-8-14(24)9-26-22/h4-6,8-9,12,15-16,33H,7,10-11H2,1-3H3,(H,29,30)/t15-,16-/m1/s1. The van der Waals surface area contributed by atoms with E-state index in [0.717, 1.165) is 18.1 Å². The van der Waals surface area contributed by atoms with Crippen molar-refractivity contribution in [1.29, 1.82) is 0 Å². The van der Waals surface area contributed by atoms with Gasteiger partial charge in [0.15, 0.2) is 16.6 Å². The lowest BCUT2D eigenvalue weighted by Crippen LogP contribution is -2.50. The number of piperidine rings is 1. The van der Waals surface area contributed by atoms with Gasteiger partial charge in [-0.3, -0.25) is 9.29 Å². The molecule has 0 saturated carbocycles. The number of aliphatic hydroxyl groups excluding tert-OH is 1. The van der Waals surface area contributed by atoms with Gasteiger partial charge in [0.05, 0.1) is 32.7 Å². The summed E-state index contributed by atoms with van der Waals surface area (Å²) in [6, 6.07) is 5.13. The van der Waals surface area contributed by atoms with Crippen LogP contribution >= 0.6 is 11.3 Å². The van der Waals surface area contributed by atoms with E-state index in [1.54, 1.807) is 18.2 Å². The number of halogens is 1. The third-order valence-electron chi connectivity index (χ3n) is 6.05. The Hall–Kier alpha value is -3.89. The van der Waals surface area contributed by atoms with Crippen LogP contribution in [0.25, 0.3) is 16.5 Å². The molecule has 5 rings (SSSR count). The third-order valence-corrected chi connectivity index (χ3v) is 8.69. The molecule has 206 valence electrons. The molecule has 1 aliphatic heterocycles. The Morgan fingerprint density at radius 2 is 1.82 bits per heavy atom. The molecule has 2 N–H and O–H groups in total. The SMILES string of the molecule is COc1cccc(OC)c1-n1c(NS(=O)(=O)[C@@H]2C[C@@H](O)CN(c3ncc(F)cn3)C2)nnc1-c1nc(C)cs1. The lowest BCUT2D eigenvalue weighted by atomic mass is 10.1. The van der Waals surface area contributed by atoms with Crippen LogP contribution in [0.15, 0.2) is 36.0 Å². The lowest BCUT2D eigenvalue weighted by Gasteiger charge is -2.35. The van der Waals surface area contributed by atoms with Crippen molar-refractivity contribution < 1.29 is 27.4 Å². The number of thiazole rings is 1. The summed E-state index contributed by atoms with van der Waals surface area (Å²) in [5.41, 5.74) is 1.14. The van der Waals surface area contributed by atoms with Crippen molar-refractivity contribution in [3.05, 3.63) is 47.5 Å². The van der Waals surface area contributed by atoms with Crippen LogP contribution in [-0.2, 0) is 10.0 Å². The predicted octanol–water partition coefficient (Wildman–Crippen LogP) is 2.03. The summed E-state index contributed by atoms with van der Waals surface area (Å²) in [5, 5.41) is 20.2. The van der Waals surface area contributed by atoms with Gasteiger partial charge in [-0.25, -0.2) is 27.8 Å². The largest absolute Gasteiger partial charge is 0.494 e. The highest BCUT2D eigenvalue weighted by atomic mass is 32.2. The maximum Gasteiger partial charge on any atom is 0.243 e. The van der Waals surface area contributed by atoms with Crippen LogP contribution < -0.4 is 19.1 Å². The van der Waals surface area contributed by atoms with Crippen molar-refractivity contribution in [2.45, 2.75) is 24.7 Å². The molecule has 3 aromatic heterocycles. The fourth-order valence-corrected chi connectivity index (χ4v) is 6.48. The quantitative estimate of drug-likeness (QED) is 0.316. The number of nitrogens with one attached hydrogen (secondary N) is 1. The second-order valence-electron chi connectivity index (χ2n) is 8.75. The van der Waals surface area contributed by atoms with Crippen LogP contribution in [0.5, 0.6) is 11.5 Å². The molecule has 4 aromatic rings. The summed E-state index contributed by atoms with van der Waals surface area (Å²) < 4.78 is 55.8. The first-order valence-corrected chi connectivity index (χ1v) is 14.1. The molecular formula is C23H25FN8O5S2. The molecule has 2 atom stereocenters. The Bertz CT molecular complexity index is 1560. The van der Waals surface area contributed by atoms with E-state index in [0.29, 0.717) is 22.2 Å². The van der Waals surface area contributed by atoms with Gasteiger partial charge >= 0.3 is 0 Å². The molecule has 1 fully saturated rings. The number of aromatic nitrogens is 6. The Labute approximate surface area is 227 Å². The van der Waals surface area contributed by atoms with Gasteiger partial charge in [-0.15, -0.1) is 21.5 Å². The van der Waals surface area contributed by atoms with E-state index in [-0.39, 0.29) is 37.2 Å². The highest BCUT2D eigenvalue weighted by Crippen LogP contribution is 2.38. The Morgan fingerprint density at radius 3 is 2.44 bits per heavy atom. The molecule has 16 heteroatoms. The van der Waals surface area contributed by atoms with Crippen molar-refractivity contribution in [1.82, 2.24) is 29.7 Å². The number of hydrogen-bond donors (Lipinski definition) is 2. The second kappa shape index (κ2) is 10.7. The van der Waals surface area contributed by atoms with Crippen LogP contribution in [0.1, 0.15) is 12.1 Å². The van der Waals surface area contributed by atoms with Crippen LogP contribution in [0.4, 0.5) is 16.3 Å². The fourth-order valence-electron chi connectivity index (χ4n) is 4.30. The number of aliphatic hydroxyl groups is 1.